The Bertz CT molecular complexity index is 1470. The molecule has 6 nitrogen and oxygen atoms in total. The third kappa shape index (κ3) is 6.14. The number of carbonyl (C=O) groups excluding carboxylic acids is 1. The highest BCUT2D eigenvalue weighted by Gasteiger charge is 2.34. The van der Waals surface area contributed by atoms with Gasteiger partial charge in [0.15, 0.2) is 5.76 Å². The lowest BCUT2D eigenvalue weighted by molar-refractivity contribution is -0.157. The number of allylic oxidation sites excluding steroid dienone is 1. The Morgan fingerprint density at radius 3 is 2.40 bits per heavy atom. The fourth-order valence-corrected chi connectivity index (χ4v) is 7.34. The number of likely N-dealkylation sites (tertiary alicyclic amines) is 2. The number of aliphatic hydroxyl groups is 1. The van der Waals surface area contributed by atoms with Crippen molar-refractivity contribution in [1.29, 1.82) is 0 Å². The second kappa shape index (κ2) is 12.7. The summed E-state index contributed by atoms with van der Waals surface area (Å²) in [6, 6.07) is 23.8. The van der Waals surface area contributed by atoms with Gasteiger partial charge in [-0.25, -0.2) is 0 Å². The number of hydrogen-bond donors (Lipinski definition) is 1. The number of benzene rings is 3. The molecule has 1 amide bonds. The van der Waals surface area contributed by atoms with Crippen LogP contribution in [0.2, 0.25) is 0 Å². The van der Waals surface area contributed by atoms with Gasteiger partial charge >= 0.3 is 0 Å². The van der Waals surface area contributed by atoms with Crippen molar-refractivity contribution in [2.24, 2.45) is 0 Å². The van der Waals surface area contributed by atoms with Gasteiger partial charge in [-0.3, -0.25) is 4.79 Å². The van der Waals surface area contributed by atoms with E-state index in [9.17, 15) is 9.90 Å². The first-order valence-electron chi connectivity index (χ1n) is 16.1. The molecule has 3 aliphatic heterocycles. The molecule has 1 aliphatic carbocycles. The number of amides is 1. The largest absolute Gasteiger partial charge is 0.459 e. The fourth-order valence-electron chi connectivity index (χ4n) is 7.34. The van der Waals surface area contributed by atoms with Crippen molar-refractivity contribution in [3.63, 3.8) is 0 Å². The van der Waals surface area contributed by atoms with E-state index in [-0.39, 0.29) is 18.4 Å². The number of hydrogen-bond acceptors (Lipinski definition) is 5. The molecule has 1 N–H and O–H groups in total. The van der Waals surface area contributed by atoms with E-state index in [1.807, 2.05) is 35.2 Å². The van der Waals surface area contributed by atoms with Gasteiger partial charge in [0.05, 0.1) is 13.2 Å². The molecule has 3 aromatic carbocycles. The van der Waals surface area contributed by atoms with Gasteiger partial charge in [0.1, 0.15) is 0 Å². The minimum Gasteiger partial charge on any atom is -0.459 e. The summed E-state index contributed by atoms with van der Waals surface area (Å²) < 4.78 is 12.6. The molecule has 2 fully saturated rings. The molecule has 0 aromatic heterocycles. The summed E-state index contributed by atoms with van der Waals surface area (Å²) in [6.07, 6.45) is 9.08. The highest BCUT2D eigenvalue weighted by molar-refractivity contribution is 5.92. The number of piperidine rings is 2. The zero-order valence-corrected chi connectivity index (χ0v) is 24.9. The lowest BCUT2D eigenvalue weighted by Crippen LogP contribution is -2.49. The summed E-state index contributed by atoms with van der Waals surface area (Å²) in [5.74, 6) is 0.419. The molecule has 2 saturated heterocycles. The molecular weight excluding hydrogens is 536 g/mol. The third-order valence-electron chi connectivity index (χ3n) is 9.81. The molecular formula is C37H42N2O4. The monoisotopic (exact) mass is 578 g/mol. The summed E-state index contributed by atoms with van der Waals surface area (Å²) in [5.41, 5.74) is 8.42. The maximum atomic E-state index is 13.9. The van der Waals surface area contributed by atoms with Crippen LogP contribution in [0, 0.1) is 0 Å². The van der Waals surface area contributed by atoms with E-state index >= 15 is 0 Å². The van der Waals surface area contributed by atoms with E-state index in [4.69, 9.17) is 9.47 Å². The number of nitrogens with zero attached hydrogens (tertiary/aromatic N) is 2. The summed E-state index contributed by atoms with van der Waals surface area (Å²) in [7, 11) is 0. The molecule has 3 aromatic rings. The predicted molar refractivity (Wildman–Crippen MR) is 167 cm³/mol. The molecule has 0 spiro atoms. The summed E-state index contributed by atoms with van der Waals surface area (Å²) in [5, 5.41) is 9.38. The van der Waals surface area contributed by atoms with Crippen LogP contribution in [0.5, 0.6) is 0 Å². The van der Waals surface area contributed by atoms with Crippen LogP contribution >= 0.6 is 0 Å². The van der Waals surface area contributed by atoms with Crippen LogP contribution < -0.4 is 0 Å². The van der Waals surface area contributed by atoms with Crippen LogP contribution in [0.15, 0.2) is 78.6 Å². The summed E-state index contributed by atoms with van der Waals surface area (Å²) in [4.78, 5) is 18.5. The summed E-state index contributed by atoms with van der Waals surface area (Å²) >= 11 is 0. The zero-order valence-electron chi connectivity index (χ0n) is 24.9. The molecule has 6 heteroatoms. The Kier molecular flexibility index (Phi) is 8.33. The Balaban J connectivity index is 1.09. The van der Waals surface area contributed by atoms with Crippen molar-refractivity contribution >= 4 is 5.91 Å². The van der Waals surface area contributed by atoms with Gasteiger partial charge in [-0.15, -0.1) is 0 Å². The van der Waals surface area contributed by atoms with Crippen molar-refractivity contribution in [3.05, 3.63) is 106 Å². The van der Waals surface area contributed by atoms with Crippen LogP contribution in [0.4, 0.5) is 0 Å². The molecule has 7 rings (SSSR count). The second-order valence-electron chi connectivity index (χ2n) is 12.6. The topological polar surface area (TPSA) is 62.2 Å². The number of carbonyl (C=O) groups is 1. The van der Waals surface area contributed by atoms with E-state index in [1.54, 1.807) is 0 Å². The third-order valence-corrected chi connectivity index (χ3v) is 9.81. The quantitative estimate of drug-likeness (QED) is 0.285. The number of rotatable bonds is 7. The van der Waals surface area contributed by atoms with E-state index in [1.165, 1.54) is 60.2 Å². The molecule has 0 saturated carbocycles. The van der Waals surface area contributed by atoms with Crippen molar-refractivity contribution in [3.8, 4) is 11.1 Å². The molecule has 43 heavy (non-hydrogen) atoms. The van der Waals surface area contributed by atoms with E-state index in [2.05, 4.69) is 47.4 Å². The van der Waals surface area contributed by atoms with Crippen LogP contribution in [0.25, 0.3) is 11.1 Å². The van der Waals surface area contributed by atoms with Gasteiger partial charge in [-0.1, -0.05) is 73.2 Å². The zero-order chi connectivity index (χ0) is 29.2. The molecule has 0 radical (unpaired) electrons. The van der Waals surface area contributed by atoms with Gasteiger partial charge in [-0.2, -0.15) is 0 Å². The molecule has 0 bridgehead atoms. The van der Waals surface area contributed by atoms with E-state index in [0.29, 0.717) is 24.8 Å². The maximum Gasteiger partial charge on any atom is 0.288 e. The Morgan fingerprint density at radius 2 is 1.60 bits per heavy atom. The molecule has 224 valence electrons. The first kappa shape index (κ1) is 28.3. The van der Waals surface area contributed by atoms with E-state index < -0.39 is 6.29 Å². The van der Waals surface area contributed by atoms with Gasteiger partial charge in [0.2, 0.25) is 6.29 Å². The van der Waals surface area contributed by atoms with Crippen LogP contribution in [0.1, 0.15) is 72.3 Å². The van der Waals surface area contributed by atoms with Gasteiger partial charge in [0, 0.05) is 31.5 Å². The molecule has 2 atom stereocenters. The van der Waals surface area contributed by atoms with Crippen LogP contribution in [-0.2, 0) is 33.9 Å². The highest BCUT2D eigenvalue weighted by atomic mass is 16.7. The Morgan fingerprint density at radius 1 is 0.860 bits per heavy atom. The van der Waals surface area contributed by atoms with E-state index in [0.717, 1.165) is 43.5 Å². The predicted octanol–water partition coefficient (Wildman–Crippen LogP) is 6.16. The number of ether oxygens (including phenoxy) is 2. The van der Waals surface area contributed by atoms with Crippen molar-refractivity contribution in [2.75, 3.05) is 26.2 Å². The standard InChI is InChI=1S/C37H42N2O4/c40-24-26-8-10-27(11-9-26)25-42-36-23-30(28-12-13-34-31(20-28)21-29-6-2-3-7-33(29)34)22-35(43-36)37(41)39-18-14-32(15-19-39)38-16-4-1-5-17-38/h2-3,6-13,20,22,30,32,36,40H,1,4-5,14-19,21,23-25H2/t30-,36+/m1/s1. The van der Waals surface area contributed by atoms with Crippen molar-refractivity contribution in [2.45, 2.75) is 76.4 Å². The van der Waals surface area contributed by atoms with Crippen molar-refractivity contribution < 1.29 is 19.4 Å². The smallest absolute Gasteiger partial charge is 0.288 e. The maximum absolute atomic E-state index is 13.9. The molecule has 3 heterocycles. The van der Waals surface area contributed by atoms with Crippen LogP contribution in [0.3, 0.4) is 0 Å². The number of fused-ring (bicyclic) bond motifs is 3. The minimum atomic E-state index is -0.525. The van der Waals surface area contributed by atoms with Crippen molar-refractivity contribution in [1.82, 2.24) is 9.80 Å². The minimum absolute atomic E-state index is 0.0174. The first-order chi connectivity index (χ1) is 21.1. The normalized spacial score (nSPS) is 22.4. The lowest BCUT2D eigenvalue weighted by atomic mass is 9.90. The number of aliphatic hydroxyl groups excluding tert-OH is 1. The van der Waals surface area contributed by atoms with Gasteiger partial charge in [0.25, 0.3) is 5.91 Å². The van der Waals surface area contributed by atoms with Gasteiger partial charge in [-0.05, 0) is 90.2 Å². The fraction of sp³-hybridized carbons (Fsp3) is 0.432. The summed E-state index contributed by atoms with van der Waals surface area (Å²) in [6.45, 7) is 4.33. The SMILES string of the molecule is O=C(C1=C[C@@H](c2ccc3c(c2)Cc2ccccc2-3)C[C@@H](OCc2ccc(CO)cc2)O1)N1CCC(N2CCCCC2)CC1. The second-order valence-corrected chi connectivity index (χ2v) is 12.6. The van der Waals surface area contributed by atoms with Gasteiger partial charge < -0.3 is 24.4 Å². The Hall–Kier alpha value is -3.45. The highest BCUT2D eigenvalue weighted by Crippen LogP contribution is 2.40. The average Bonchev–Trinajstić information content (AvgIpc) is 3.45. The molecule has 4 aliphatic rings. The Labute approximate surface area is 254 Å². The molecule has 0 unspecified atom stereocenters. The lowest BCUT2D eigenvalue weighted by Gasteiger charge is -2.40. The average molecular weight is 579 g/mol. The van der Waals surface area contributed by atoms with Crippen LogP contribution in [-0.4, -0.2) is 59.3 Å². The first-order valence-corrected chi connectivity index (χ1v) is 16.1.